The highest BCUT2D eigenvalue weighted by molar-refractivity contribution is 7.98. The van der Waals surface area contributed by atoms with Crippen LogP contribution in [0.25, 0.3) is 27.7 Å². The van der Waals surface area contributed by atoms with E-state index in [-0.39, 0.29) is 0 Å². The van der Waals surface area contributed by atoms with E-state index in [1.165, 1.54) is 17.7 Å². The zero-order chi connectivity index (χ0) is 23.4. The van der Waals surface area contributed by atoms with Crippen molar-refractivity contribution in [2.75, 3.05) is 0 Å². The maximum atomic E-state index is 12.9. The molecule has 0 aliphatic heterocycles. The molecular weight excluding hydrogens is 445 g/mol. The first-order valence-electron chi connectivity index (χ1n) is 10.5. The first-order chi connectivity index (χ1) is 16.0. The summed E-state index contributed by atoms with van der Waals surface area (Å²) in [4.78, 5) is 1.05. The van der Waals surface area contributed by atoms with Crippen LogP contribution in [0.15, 0.2) is 83.8 Å². The molecule has 33 heavy (non-hydrogen) atoms. The number of pyridine rings is 1. The zero-order valence-corrected chi connectivity index (χ0v) is 18.9. The molecule has 0 unspecified atom stereocenters. The molecule has 3 aromatic carbocycles. The van der Waals surface area contributed by atoms with Gasteiger partial charge < -0.3 is 0 Å². The van der Waals surface area contributed by atoms with Gasteiger partial charge in [-0.1, -0.05) is 62.4 Å². The Bertz CT molecular complexity index is 1360. The Kier molecular flexibility index (Phi) is 6.65. The zero-order valence-electron chi connectivity index (χ0n) is 18.0. The number of fused-ring (bicyclic) bond motifs is 3. The molecule has 0 amide bonds. The SMILES string of the molecule is CC.FC(F)(F)c1ccc(-c2cc3nnnn3c3cc(SCc4ccccc4)ccc23)cc1. The standard InChI is InChI=1S/C23H15F3N4S.C2H6/c24-23(25,26)17-8-6-16(7-9-17)20-13-22-27-28-29-30(22)21-12-18(10-11-19(20)21)31-14-15-4-2-1-3-5-15;1-2/h1-13H,14H2;1-2H3. The summed E-state index contributed by atoms with van der Waals surface area (Å²) in [5.41, 5.74) is 3.34. The lowest BCUT2D eigenvalue weighted by molar-refractivity contribution is -0.137. The summed E-state index contributed by atoms with van der Waals surface area (Å²) < 4.78 is 40.5. The van der Waals surface area contributed by atoms with Gasteiger partial charge in [0.25, 0.3) is 0 Å². The van der Waals surface area contributed by atoms with Crippen molar-refractivity contribution in [3.8, 4) is 11.1 Å². The van der Waals surface area contributed by atoms with Crippen LogP contribution in [0.5, 0.6) is 0 Å². The van der Waals surface area contributed by atoms with Gasteiger partial charge in [-0.2, -0.15) is 17.7 Å². The lowest BCUT2D eigenvalue weighted by Crippen LogP contribution is -2.04. The summed E-state index contributed by atoms with van der Waals surface area (Å²) in [6, 6.07) is 23.1. The van der Waals surface area contributed by atoms with Crippen LogP contribution in [0.1, 0.15) is 25.0 Å². The minimum atomic E-state index is -4.37. The molecule has 0 saturated carbocycles. The number of alkyl halides is 3. The Balaban J connectivity index is 0.00000126. The van der Waals surface area contributed by atoms with Crippen LogP contribution in [-0.2, 0) is 11.9 Å². The smallest absolute Gasteiger partial charge is 0.193 e. The van der Waals surface area contributed by atoms with Gasteiger partial charge in [0.05, 0.1) is 11.1 Å². The number of thioether (sulfide) groups is 1. The first kappa shape index (κ1) is 22.8. The fraction of sp³-hybridized carbons (Fsp3) is 0.160. The Hall–Kier alpha value is -3.39. The first-order valence-corrected chi connectivity index (χ1v) is 11.5. The summed E-state index contributed by atoms with van der Waals surface area (Å²) in [6.45, 7) is 4.00. The highest BCUT2D eigenvalue weighted by atomic mass is 32.2. The molecule has 0 aliphatic carbocycles. The van der Waals surface area contributed by atoms with Gasteiger partial charge in [0.1, 0.15) is 0 Å². The third kappa shape index (κ3) is 4.85. The second-order valence-electron chi connectivity index (χ2n) is 7.04. The molecule has 168 valence electrons. The average Bonchev–Trinajstić information content (AvgIpc) is 3.33. The van der Waals surface area contributed by atoms with Gasteiger partial charge in [-0.05, 0) is 57.4 Å². The van der Waals surface area contributed by atoms with Gasteiger partial charge in [0, 0.05) is 16.0 Å². The number of tetrazole rings is 1. The van der Waals surface area contributed by atoms with Gasteiger partial charge in [0.15, 0.2) is 5.65 Å². The number of aromatic nitrogens is 4. The maximum Gasteiger partial charge on any atom is 0.416 e. The van der Waals surface area contributed by atoms with Crippen molar-refractivity contribution in [1.82, 2.24) is 20.0 Å². The highest BCUT2D eigenvalue weighted by Gasteiger charge is 2.30. The van der Waals surface area contributed by atoms with Gasteiger partial charge in [-0.15, -0.1) is 16.9 Å². The Morgan fingerprint density at radius 3 is 2.30 bits per heavy atom. The molecule has 2 aromatic heterocycles. The van der Waals surface area contributed by atoms with Crippen molar-refractivity contribution in [3.05, 3.63) is 90.0 Å². The molecule has 0 atom stereocenters. The second kappa shape index (κ2) is 9.62. The fourth-order valence-electron chi connectivity index (χ4n) is 3.49. The summed E-state index contributed by atoms with van der Waals surface area (Å²) in [5, 5.41) is 12.8. The molecule has 0 bridgehead atoms. The third-order valence-electron chi connectivity index (χ3n) is 5.03. The summed E-state index contributed by atoms with van der Waals surface area (Å²) in [6.07, 6.45) is -4.37. The second-order valence-corrected chi connectivity index (χ2v) is 8.08. The third-order valence-corrected chi connectivity index (χ3v) is 6.09. The lowest BCUT2D eigenvalue weighted by Gasteiger charge is -2.11. The van der Waals surface area contributed by atoms with Crippen LogP contribution in [0.2, 0.25) is 0 Å². The van der Waals surface area contributed by atoms with E-state index in [2.05, 4.69) is 27.7 Å². The van der Waals surface area contributed by atoms with Crippen LogP contribution >= 0.6 is 11.8 Å². The number of nitrogens with zero attached hydrogens (tertiary/aromatic N) is 4. The van der Waals surface area contributed by atoms with E-state index < -0.39 is 11.7 Å². The topological polar surface area (TPSA) is 43.1 Å². The fourth-order valence-corrected chi connectivity index (χ4v) is 4.37. The number of rotatable bonds is 4. The predicted octanol–water partition coefficient (Wildman–Crippen LogP) is 7.28. The van der Waals surface area contributed by atoms with Gasteiger partial charge >= 0.3 is 6.18 Å². The number of halogens is 3. The molecule has 0 aliphatic rings. The van der Waals surface area contributed by atoms with Crippen LogP contribution in [0, 0.1) is 0 Å². The summed E-state index contributed by atoms with van der Waals surface area (Å²) >= 11 is 1.70. The van der Waals surface area contributed by atoms with Crippen LogP contribution in [0.4, 0.5) is 13.2 Å². The molecule has 5 rings (SSSR count). The summed E-state index contributed by atoms with van der Waals surface area (Å²) in [5.74, 6) is 0.823. The Labute approximate surface area is 193 Å². The van der Waals surface area contributed by atoms with Crippen molar-refractivity contribution >= 4 is 28.3 Å². The largest absolute Gasteiger partial charge is 0.416 e. The molecule has 0 spiro atoms. The van der Waals surface area contributed by atoms with Crippen LogP contribution in [0.3, 0.4) is 0 Å². The number of hydrogen-bond donors (Lipinski definition) is 0. The Morgan fingerprint density at radius 1 is 0.879 bits per heavy atom. The van der Waals surface area contributed by atoms with E-state index >= 15 is 0 Å². The van der Waals surface area contributed by atoms with E-state index in [1.807, 2.05) is 50.2 Å². The maximum absolute atomic E-state index is 12.9. The van der Waals surface area contributed by atoms with Crippen molar-refractivity contribution in [1.29, 1.82) is 0 Å². The highest BCUT2D eigenvalue weighted by Crippen LogP contribution is 2.35. The van der Waals surface area contributed by atoms with E-state index in [0.29, 0.717) is 11.2 Å². The molecular formula is C25H21F3N4S. The minimum absolute atomic E-state index is 0.535. The molecule has 0 fully saturated rings. The minimum Gasteiger partial charge on any atom is -0.193 e. The van der Waals surface area contributed by atoms with Gasteiger partial charge in [-0.3, -0.25) is 0 Å². The number of hydrogen-bond acceptors (Lipinski definition) is 4. The quantitative estimate of drug-likeness (QED) is 0.261. The molecule has 2 heterocycles. The van der Waals surface area contributed by atoms with Crippen LogP contribution in [-0.4, -0.2) is 20.0 Å². The molecule has 4 nitrogen and oxygen atoms in total. The normalized spacial score (nSPS) is 11.4. The van der Waals surface area contributed by atoms with Crippen molar-refractivity contribution < 1.29 is 13.2 Å². The summed E-state index contributed by atoms with van der Waals surface area (Å²) in [7, 11) is 0. The molecule has 0 saturated heterocycles. The molecule has 0 N–H and O–H groups in total. The van der Waals surface area contributed by atoms with Crippen molar-refractivity contribution in [3.63, 3.8) is 0 Å². The monoisotopic (exact) mass is 466 g/mol. The number of benzene rings is 3. The van der Waals surface area contributed by atoms with E-state index in [9.17, 15) is 13.2 Å². The van der Waals surface area contributed by atoms with Crippen molar-refractivity contribution in [2.24, 2.45) is 0 Å². The predicted molar refractivity (Wildman–Crippen MR) is 126 cm³/mol. The van der Waals surface area contributed by atoms with Crippen molar-refractivity contribution in [2.45, 2.75) is 30.7 Å². The van der Waals surface area contributed by atoms with E-state index in [1.54, 1.807) is 22.3 Å². The van der Waals surface area contributed by atoms with E-state index in [0.717, 1.165) is 39.2 Å². The average molecular weight is 467 g/mol. The lowest BCUT2D eigenvalue weighted by atomic mass is 10.00. The van der Waals surface area contributed by atoms with Gasteiger partial charge in [-0.25, -0.2) is 0 Å². The van der Waals surface area contributed by atoms with Crippen LogP contribution < -0.4 is 0 Å². The molecule has 0 radical (unpaired) electrons. The Morgan fingerprint density at radius 2 is 1.61 bits per heavy atom. The van der Waals surface area contributed by atoms with Gasteiger partial charge in [0.2, 0.25) is 0 Å². The molecule has 5 aromatic rings. The van der Waals surface area contributed by atoms with E-state index in [4.69, 9.17) is 0 Å². The molecule has 8 heteroatoms.